The zero-order valence-electron chi connectivity index (χ0n) is 15.3. The third-order valence-electron chi connectivity index (χ3n) is 6.14. The molecule has 3 fully saturated rings. The molecule has 3 aliphatic rings. The number of likely N-dealkylation sites (tertiary alicyclic amines) is 1. The molecule has 0 radical (unpaired) electrons. The van der Waals surface area contributed by atoms with Crippen molar-refractivity contribution in [3.05, 3.63) is 0 Å². The first-order chi connectivity index (χ1) is 11.7. The van der Waals surface area contributed by atoms with Gasteiger partial charge in [-0.3, -0.25) is 4.79 Å². The topological polar surface area (TPSA) is 53.6 Å². The van der Waals surface area contributed by atoms with E-state index in [1.165, 1.54) is 25.8 Å². The van der Waals surface area contributed by atoms with Gasteiger partial charge < -0.3 is 20.3 Å². The molecule has 0 aromatic rings. The normalized spacial score (nSPS) is 31.0. The second kappa shape index (κ2) is 9.16. The monoisotopic (exact) mass is 337 g/mol. The van der Waals surface area contributed by atoms with Gasteiger partial charge in [-0.1, -0.05) is 6.92 Å². The Morgan fingerprint density at radius 2 is 2.12 bits per heavy atom. The van der Waals surface area contributed by atoms with E-state index < -0.39 is 0 Å². The number of piperidine rings is 2. The first-order valence-electron chi connectivity index (χ1n) is 10.0. The lowest BCUT2D eigenvalue weighted by Crippen LogP contribution is -2.46. The highest BCUT2D eigenvalue weighted by Gasteiger charge is 2.26. The van der Waals surface area contributed by atoms with Crippen molar-refractivity contribution in [3.63, 3.8) is 0 Å². The number of nitrogens with one attached hydrogen (secondary N) is 2. The summed E-state index contributed by atoms with van der Waals surface area (Å²) in [5, 5.41) is 6.75. The minimum Gasteiger partial charge on any atom is -0.381 e. The quantitative estimate of drug-likeness (QED) is 0.773. The molecule has 138 valence electrons. The number of carbonyl (C=O) groups excluding carboxylic acids is 1. The molecule has 3 saturated heterocycles. The zero-order valence-corrected chi connectivity index (χ0v) is 15.3. The van der Waals surface area contributed by atoms with Crippen molar-refractivity contribution in [1.82, 2.24) is 15.5 Å². The second-order valence-electron chi connectivity index (χ2n) is 8.16. The van der Waals surface area contributed by atoms with E-state index in [-0.39, 0.29) is 5.91 Å². The van der Waals surface area contributed by atoms with Crippen LogP contribution >= 0.6 is 0 Å². The second-order valence-corrected chi connectivity index (χ2v) is 8.16. The molecule has 2 N–H and O–H groups in total. The Balaban J connectivity index is 1.32. The molecule has 0 saturated carbocycles. The fourth-order valence-corrected chi connectivity index (χ4v) is 4.46. The average Bonchev–Trinajstić information content (AvgIpc) is 3.10. The van der Waals surface area contributed by atoms with E-state index in [4.69, 9.17) is 4.74 Å². The fourth-order valence-electron chi connectivity index (χ4n) is 4.46. The van der Waals surface area contributed by atoms with E-state index in [9.17, 15) is 4.79 Å². The number of nitrogens with zero attached hydrogens (tertiary/aromatic N) is 1. The molecule has 24 heavy (non-hydrogen) atoms. The summed E-state index contributed by atoms with van der Waals surface area (Å²) in [6.45, 7) is 9.73. The van der Waals surface area contributed by atoms with Gasteiger partial charge in [0.05, 0.1) is 6.61 Å². The predicted molar refractivity (Wildman–Crippen MR) is 95.9 cm³/mol. The number of amides is 1. The van der Waals surface area contributed by atoms with E-state index in [0.717, 1.165) is 58.2 Å². The Kier molecular flexibility index (Phi) is 6.93. The van der Waals surface area contributed by atoms with Gasteiger partial charge in [0.1, 0.15) is 0 Å². The molecule has 0 bridgehead atoms. The van der Waals surface area contributed by atoms with Crippen LogP contribution in [0, 0.1) is 17.8 Å². The fraction of sp³-hybridized carbons (Fsp3) is 0.947. The standard InChI is InChI=1S/C19H35N3O2/c1-15(17-3-2-7-20-12-17)11-19(23)21-18-4-8-22(9-5-18)13-16-6-10-24-14-16/h15-18,20H,2-14H2,1H3,(H,21,23). The number of hydrogen-bond acceptors (Lipinski definition) is 4. The van der Waals surface area contributed by atoms with Crippen LogP contribution in [0.2, 0.25) is 0 Å². The molecule has 0 aromatic heterocycles. The summed E-state index contributed by atoms with van der Waals surface area (Å²) in [5.74, 6) is 2.14. The maximum Gasteiger partial charge on any atom is 0.220 e. The maximum absolute atomic E-state index is 12.4. The molecular formula is C19H35N3O2. The van der Waals surface area contributed by atoms with Crippen LogP contribution < -0.4 is 10.6 Å². The van der Waals surface area contributed by atoms with Gasteiger partial charge in [-0.15, -0.1) is 0 Å². The van der Waals surface area contributed by atoms with Gasteiger partial charge in [0.15, 0.2) is 0 Å². The van der Waals surface area contributed by atoms with E-state index in [1.807, 2.05) is 0 Å². The molecule has 5 heteroatoms. The smallest absolute Gasteiger partial charge is 0.220 e. The molecule has 3 aliphatic heterocycles. The molecule has 3 atom stereocenters. The summed E-state index contributed by atoms with van der Waals surface area (Å²) < 4.78 is 5.47. The highest BCUT2D eigenvalue weighted by Crippen LogP contribution is 2.23. The van der Waals surface area contributed by atoms with Gasteiger partial charge in [-0.25, -0.2) is 0 Å². The largest absolute Gasteiger partial charge is 0.381 e. The van der Waals surface area contributed by atoms with Gasteiger partial charge in [0.2, 0.25) is 5.91 Å². The Labute approximate surface area is 146 Å². The summed E-state index contributed by atoms with van der Waals surface area (Å²) in [6, 6.07) is 0.380. The van der Waals surface area contributed by atoms with Gasteiger partial charge in [0, 0.05) is 38.7 Å². The molecule has 0 spiro atoms. The molecule has 0 aromatic carbocycles. The number of ether oxygens (including phenoxy) is 1. The summed E-state index contributed by atoms with van der Waals surface area (Å²) >= 11 is 0. The highest BCUT2D eigenvalue weighted by molar-refractivity contribution is 5.76. The van der Waals surface area contributed by atoms with Crippen LogP contribution in [0.1, 0.15) is 45.4 Å². The van der Waals surface area contributed by atoms with E-state index in [1.54, 1.807) is 0 Å². The van der Waals surface area contributed by atoms with Crippen molar-refractivity contribution in [2.45, 2.75) is 51.5 Å². The Morgan fingerprint density at radius 1 is 1.29 bits per heavy atom. The molecule has 0 aliphatic carbocycles. The van der Waals surface area contributed by atoms with Crippen molar-refractivity contribution in [1.29, 1.82) is 0 Å². The van der Waals surface area contributed by atoms with Gasteiger partial charge in [0.25, 0.3) is 0 Å². The summed E-state index contributed by atoms with van der Waals surface area (Å²) in [5.41, 5.74) is 0. The highest BCUT2D eigenvalue weighted by atomic mass is 16.5. The Bertz CT molecular complexity index is 384. The average molecular weight is 338 g/mol. The van der Waals surface area contributed by atoms with Crippen molar-refractivity contribution in [2.24, 2.45) is 17.8 Å². The number of hydrogen-bond donors (Lipinski definition) is 2. The molecule has 3 heterocycles. The summed E-state index contributed by atoms with van der Waals surface area (Å²) in [6.07, 6.45) is 6.61. The van der Waals surface area contributed by atoms with Crippen LogP contribution in [0.25, 0.3) is 0 Å². The summed E-state index contributed by atoms with van der Waals surface area (Å²) in [4.78, 5) is 14.9. The third-order valence-corrected chi connectivity index (χ3v) is 6.14. The SMILES string of the molecule is CC(CC(=O)NC1CCN(CC2CCOC2)CC1)C1CCCNC1. The first-order valence-corrected chi connectivity index (χ1v) is 10.0. The van der Waals surface area contributed by atoms with Crippen LogP contribution in [-0.2, 0) is 9.53 Å². The van der Waals surface area contributed by atoms with Crippen LogP contribution in [0.15, 0.2) is 0 Å². The third kappa shape index (κ3) is 5.43. The molecule has 1 amide bonds. The minimum atomic E-state index is 0.260. The van der Waals surface area contributed by atoms with Crippen LogP contribution in [0.5, 0.6) is 0 Å². The van der Waals surface area contributed by atoms with Crippen LogP contribution in [0.3, 0.4) is 0 Å². The first kappa shape index (κ1) is 18.2. The number of rotatable bonds is 6. The van der Waals surface area contributed by atoms with E-state index >= 15 is 0 Å². The predicted octanol–water partition coefficient (Wildman–Crippen LogP) is 1.63. The molecule has 3 unspecified atom stereocenters. The number of carbonyl (C=O) groups is 1. The lowest BCUT2D eigenvalue weighted by molar-refractivity contribution is -0.123. The molecule has 3 rings (SSSR count). The molecule has 5 nitrogen and oxygen atoms in total. The van der Waals surface area contributed by atoms with Gasteiger partial charge in [-0.2, -0.15) is 0 Å². The summed E-state index contributed by atoms with van der Waals surface area (Å²) in [7, 11) is 0. The van der Waals surface area contributed by atoms with E-state index in [0.29, 0.717) is 24.3 Å². The van der Waals surface area contributed by atoms with Crippen molar-refractivity contribution < 1.29 is 9.53 Å². The molecular weight excluding hydrogens is 302 g/mol. The van der Waals surface area contributed by atoms with Crippen molar-refractivity contribution in [3.8, 4) is 0 Å². The lowest BCUT2D eigenvalue weighted by atomic mass is 9.85. The zero-order chi connectivity index (χ0) is 16.8. The maximum atomic E-state index is 12.4. The Hall–Kier alpha value is -0.650. The lowest BCUT2D eigenvalue weighted by Gasteiger charge is -2.34. The Morgan fingerprint density at radius 3 is 2.79 bits per heavy atom. The van der Waals surface area contributed by atoms with Crippen molar-refractivity contribution in [2.75, 3.05) is 45.9 Å². The minimum absolute atomic E-state index is 0.260. The van der Waals surface area contributed by atoms with Crippen LogP contribution in [0.4, 0.5) is 0 Å². The van der Waals surface area contributed by atoms with Crippen molar-refractivity contribution >= 4 is 5.91 Å². The van der Waals surface area contributed by atoms with Gasteiger partial charge in [-0.05, 0) is 62.9 Å². The van der Waals surface area contributed by atoms with Crippen LogP contribution in [-0.4, -0.2) is 62.8 Å². The van der Waals surface area contributed by atoms with Gasteiger partial charge >= 0.3 is 0 Å². The van der Waals surface area contributed by atoms with E-state index in [2.05, 4.69) is 22.5 Å².